The van der Waals surface area contributed by atoms with Crippen LogP contribution in [0.5, 0.6) is 0 Å². The van der Waals surface area contributed by atoms with E-state index < -0.39 is 17.5 Å². The predicted molar refractivity (Wildman–Crippen MR) is 90.3 cm³/mol. The van der Waals surface area contributed by atoms with Gasteiger partial charge in [0, 0.05) is 12.6 Å². The minimum atomic E-state index is -1.53. The van der Waals surface area contributed by atoms with Crippen LogP contribution in [0.15, 0.2) is 54.9 Å². The fraction of sp³-hybridized carbons (Fsp3) is 0.111. The van der Waals surface area contributed by atoms with E-state index in [2.05, 4.69) is 20.6 Å². The van der Waals surface area contributed by atoms with E-state index in [0.29, 0.717) is 12.4 Å². The van der Waals surface area contributed by atoms with E-state index >= 15 is 0 Å². The molecule has 0 aliphatic heterocycles. The maximum Gasteiger partial charge on any atom is 0.196 e. The molecular formula is C18H15F3N4. The highest BCUT2D eigenvalue weighted by atomic mass is 19.2. The van der Waals surface area contributed by atoms with E-state index in [1.54, 1.807) is 6.07 Å². The average Bonchev–Trinajstić information content (AvgIpc) is 2.64. The number of anilines is 3. The predicted octanol–water partition coefficient (Wildman–Crippen LogP) is 4.29. The first-order valence-corrected chi connectivity index (χ1v) is 7.64. The van der Waals surface area contributed by atoms with Gasteiger partial charge in [0.1, 0.15) is 18.0 Å². The monoisotopic (exact) mass is 344 g/mol. The normalized spacial score (nSPS) is 10.5. The summed E-state index contributed by atoms with van der Waals surface area (Å²) in [5.41, 5.74) is 0.985. The van der Waals surface area contributed by atoms with Gasteiger partial charge in [-0.2, -0.15) is 0 Å². The van der Waals surface area contributed by atoms with Crippen molar-refractivity contribution >= 4 is 17.3 Å². The fourth-order valence-corrected chi connectivity index (χ4v) is 2.26. The van der Waals surface area contributed by atoms with Gasteiger partial charge in [-0.25, -0.2) is 23.1 Å². The van der Waals surface area contributed by atoms with Crippen LogP contribution in [0.2, 0.25) is 0 Å². The molecule has 3 rings (SSSR count). The number of hydrogen-bond acceptors (Lipinski definition) is 4. The molecule has 25 heavy (non-hydrogen) atoms. The summed E-state index contributed by atoms with van der Waals surface area (Å²) >= 11 is 0. The van der Waals surface area contributed by atoms with Crippen molar-refractivity contribution in [3.05, 3.63) is 77.9 Å². The Labute approximate surface area is 142 Å². The molecule has 0 atom stereocenters. The smallest absolute Gasteiger partial charge is 0.196 e. The van der Waals surface area contributed by atoms with Crippen molar-refractivity contribution in [2.24, 2.45) is 0 Å². The Morgan fingerprint density at radius 1 is 0.840 bits per heavy atom. The lowest BCUT2D eigenvalue weighted by Gasteiger charge is -2.10. The van der Waals surface area contributed by atoms with Crippen LogP contribution in [0.1, 0.15) is 5.56 Å². The summed E-state index contributed by atoms with van der Waals surface area (Å²) in [6.45, 7) is 0.653. The molecule has 0 amide bonds. The van der Waals surface area contributed by atoms with Crippen molar-refractivity contribution in [3.63, 3.8) is 0 Å². The highest BCUT2D eigenvalue weighted by Gasteiger charge is 2.13. The molecule has 0 fully saturated rings. The first kappa shape index (κ1) is 16.8. The molecule has 2 aromatic carbocycles. The number of nitrogens with one attached hydrogen (secondary N) is 2. The zero-order valence-corrected chi connectivity index (χ0v) is 13.1. The summed E-state index contributed by atoms with van der Waals surface area (Å²) in [5.74, 6) is -3.26. The molecule has 0 aliphatic rings. The standard InChI is InChI=1S/C18H15F3N4/c19-13-6-7-14(18(21)17(13)20)25-16-10-15(23-11-24-16)22-9-8-12-4-2-1-3-5-12/h1-7,10-11H,8-9H2,(H2,22,23,24,25). The second-order valence-corrected chi connectivity index (χ2v) is 5.30. The average molecular weight is 344 g/mol. The Hall–Kier alpha value is -3.09. The van der Waals surface area contributed by atoms with Gasteiger partial charge in [-0.15, -0.1) is 0 Å². The lowest BCUT2D eigenvalue weighted by Crippen LogP contribution is -2.07. The number of rotatable bonds is 6. The van der Waals surface area contributed by atoms with Crippen molar-refractivity contribution in [3.8, 4) is 0 Å². The van der Waals surface area contributed by atoms with Gasteiger partial charge >= 0.3 is 0 Å². The van der Waals surface area contributed by atoms with Gasteiger partial charge in [0.2, 0.25) is 0 Å². The number of nitrogens with zero attached hydrogens (tertiary/aromatic N) is 2. The molecule has 3 aromatic rings. The van der Waals surface area contributed by atoms with Crippen LogP contribution in [0, 0.1) is 17.5 Å². The van der Waals surface area contributed by atoms with E-state index in [9.17, 15) is 13.2 Å². The second-order valence-electron chi connectivity index (χ2n) is 5.30. The summed E-state index contributed by atoms with van der Waals surface area (Å²) in [7, 11) is 0. The van der Waals surface area contributed by atoms with Crippen LogP contribution >= 0.6 is 0 Å². The molecule has 0 saturated heterocycles. The third-order valence-corrected chi connectivity index (χ3v) is 3.53. The van der Waals surface area contributed by atoms with Crippen molar-refractivity contribution in [2.45, 2.75) is 6.42 Å². The molecule has 128 valence electrons. The highest BCUT2D eigenvalue weighted by Crippen LogP contribution is 2.23. The van der Waals surface area contributed by atoms with Crippen molar-refractivity contribution in [1.82, 2.24) is 9.97 Å². The SMILES string of the molecule is Fc1ccc(Nc2cc(NCCc3ccccc3)ncn2)c(F)c1F. The topological polar surface area (TPSA) is 49.8 Å². The Morgan fingerprint density at radius 2 is 1.60 bits per heavy atom. The van der Waals surface area contributed by atoms with E-state index in [1.807, 2.05) is 30.3 Å². The molecule has 0 spiro atoms. The van der Waals surface area contributed by atoms with Crippen molar-refractivity contribution < 1.29 is 13.2 Å². The van der Waals surface area contributed by atoms with Crippen LogP contribution in [-0.4, -0.2) is 16.5 Å². The van der Waals surface area contributed by atoms with Gasteiger partial charge in [0.15, 0.2) is 17.5 Å². The zero-order chi connectivity index (χ0) is 17.6. The molecule has 0 aliphatic carbocycles. The van der Waals surface area contributed by atoms with Crippen molar-refractivity contribution in [2.75, 3.05) is 17.2 Å². The fourth-order valence-electron chi connectivity index (χ4n) is 2.26. The molecule has 1 heterocycles. The highest BCUT2D eigenvalue weighted by molar-refractivity contribution is 5.59. The second kappa shape index (κ2) is 7.65. The molecule has 0 bridgehead atoms. The Bertz CT molecular complexity index is 856. The van der Waals surface area contributed by atoms with Gasteiger partial charge in [-0.3, -0.25) is 0 Å². The third-order valence-electron chi connectivity index (χ3n) is 3.53. The van der Waals surface area contributed by atoms with E-state index in [-0.39, 0.29) is 11.5 Å². The van der Waals surface area contributed by atoms with Gasteiger partial charge in [-0.05, 0) is 24.1 Å². The molecule has 0 unspecified atom stereocenters. The minimum Gasteiger partial charge on any atom is -0.370 e. The Balaban J connectivity index is 1.64. The zero-order valence-electron chi connectivity index (χ0n) is 13.1. The minimum absolute atomic E-state index is 0.201. The molecule has 4 nitrogen and oxygen atoms in total. The lowest BCUT2D eigenvalue weighted by molar-refractivity contribution is 0.449. The number of halogens is 3. The van der Waals surface area contributed by atoms with Crippen LogP contribution < -0.4 is 10.6 Å². The molecular weight excluding hydrogens is 329 g/mol. The van der Waals surface area contributed by atoms with Crippen LogP contribution in [-0.2, 0) is 6.42 Å². The first-order chi connectivity index (χ1) is 12.1. The molecule has 2 N–H and O–H groups in total. The summed E-state index contributed by atoms with van der Waals surface area (Å²) in [4.78, 5) is 8.03. The maximum atomic E-state index is 13.7. The Morgan fingerprint density at radius 3 is 2.40 bits per heavy atom. The van der Waals surface area contributed by atoms with Crippen LogP contribution in [0.4, 0.5) is 30.5 Å². The number of aromatic nitrogens is 2. The summed E-state index contributed by atoms with van der Waals surface area (Å²) < 4.78 is 39.9. The van der Waals surface area contributed by atoms with E-state index in [0.717, 1.165) is 18.6 Å². The molecule has 0 radical (unpaired) electrons. The quantitative estimate of drug-likeness (QED) is 0.655. The largest absolute Gasteiger partial charge is 0.370 e. The Kier molecular flexibility index (Phi) is 5.13. The number of benzene rings is 2. The molecule has 7 heteroatoms. The van der Waals surface area contributed by atoms with E-state index in [1.165, 1.54) is 11.9 Å². The summed E-state index contributed by atoms with van der Waals surface area (Å²) in [6, 6.07) is 13.5. The summed E-state index contributed by atoms with van der Waals surface area (Å²) in [6.07, 6.45) is 2.11. The van der Waals surface area contributed by atoms with Gasteiger partial charge in [-0.1, -0.05) is 30.3 Å². The lowest BCUT2D eigenvalue weighted by atomic mass is 10.1. The van der Waals surface area contributed by atoms with Crippen molar-refractivity contribution in [1.29, 1.82) is 0 Å². The molecule has 0 saturated carbocycles. The van der Waals surface area contributed by atoms with Gasteiger partial charge in [0.25, 0.3) is 0 Å². The maximum absolute atomic E-state index is 13.7. The van der Waals surface area contributed by atoms with Crippen LogP contribution in [0.3, 0.4) is 0 Å². The third kappa shape index (κ3) is 4.26. The first-order valence-electron chi connectivity index (χ1n) is 7.64. The van der Waals surface area contributed by atoms with Gasteiger partial charge < -0.3 is 10.6 Å². The van der Waals surface area contributed by atoms with E-state index in [4.69, 9.17) is 0 Å². The van der Waals surface area contributed by atoms with Crippen LogP contribution in [0.25, 0.3) is 0 Å². The summed E-state index contributed by atoms with van der Waals surface area (Å²) in [5, 5.41) is 5.75. The van der Waals surface area contributed by atoms with Gasteiger partial charge in [0.05, 0.1) is 5.69 Å². The molecule has 1 aromatic heterocycles. The number of hydrogen-bond donors (Lipinski definition) is 2.